The average molecular weight is 235 g/mol. The Kier molecular flexibility index (Phi) is 3.78. The second kappa shape index (κ2) is 4.91. The quantitative estimate of drug-likeness (QED) is 0.553. The van der Waals surface area contributed by atoms with E-state index in [0.29, 0.717) is 22.3 Å². The van der Waals surface area contributed by atoms with Gasteiger partial charge >= 0.3 is 0 Å². The van der Waals surface area contributed by atoms with Crippen LogP contribution in [0.3, 0.4) is 0 Å². The first kappa shape index (κ1) is 13.1. The predicted octanol–water partition coefficient (Wildman–Crippen LogP) is 1.83. The molecule has 0 unspecified atom stereocenters. The molecule has 4 nitrogen and oxygen atoms in total. The molecule has 0 atom stereocenters. The van der Waals surface area contributed by atoms with Crippen LogP contribution in [0.2, 0.25) is 0 Å². The van der Waals surface area contributed by atoms with Gasteiger partial charge in [0.1, 0.15) is 11.5 Å². The molecule has 1 amide bonds. The van der Waals surface area contributed by atoms with Gasteiger partial charge in [-0.2, -0.15) is 0 Å². The third-order valence-corrected chi connectivity index (χ3v) is 2.99. The zero-order chi connectivity index (χ0) is 13.2. The number of benzene rings is 1. The van der Waals surface area contributed by atoms with E-state index in [2.05, 4.69) is 11.9 Å². The van der Waals surface area contributed by atoms with Crippen molar-refractivity contribution in [1.29, 1.82) is 0 Å². The lowest BCUT2D eigenvalue weighted by Crippen LogP contribution is -2.20. The highest BCUT2D eigenvalue weighted by Crippen LogP contribution is 2.35. The molecule has 0 aromatic heterocycles. The highest BCUT2D eigenvalue weighted by molar-refractivity contribution is 5.86. The molecule has 17 heavy (non-hydrogen) atoms. The van der Waals surface area contributed by atoms with Crippen molar-refractivity contribution in [3.63, 3.8) is 0 Å². The number of phenolic OH excluding ortho intramolecular Hbond substituents is 2. The van der Waals surface area contributed by atoms with E-state index in [9.17, 15) is 15.0 Å². The smallest absolute Gasteiger partial charge is 0.243 e. The Labute approximate surface area is 101 Å². The first-order valence-corrected chi connectivity index (χ1v) is 5.31. The number of phenols is 2. The van der Waals surface area contributed by atoms with Crippen molar-refractivity contribution in [2.75, 3.05) is 0 Å². The van der Waals surface area contributed by atoms with Gasteiger partial charge in [0, 0.05) is 12.1 Å². The molecular formula is C13H17NO3. The van der Waals surface area contributed by atoms with Crippen LogP contribution in [0.25, 0.3) is 0 Å². The molecule has 0 aliphatic heterocycles. The second-order valence-corrected chi connectivity index (χ2v) is 3.97. The highest BCUT2D eigenvalue weighted by Gasteiger charge is 2.16. The lowest BCUT2D eigenvalue weighted by molar-refractivity contribution is -0.116. The van der Waals surface area contributed by atoms with Gasteiger partial charge in [-0.15, -0.1) is 0 Å². The molecule has 3 N–H and O–H groups in total. The second-order valence-electron chi connectivity index (χ2n) is 3.97. The Morgan fingerprint density at radius 2 is 1.71 bits per heavy atom. The normalized spacial score (nSPS) is 10.1. The average Bonchev–Trinajstić information content (AvgIpc) is 2.33. The molecule has 0 spiro atoms. The summed E-state index contributed by atoms with van der Waals surface area (Å²) in [5.41, 5.74) is 2.38. The van der Waals surface area contributed by atoms with E-state index in [1.807, 2.05) is 0 Å². The van der Waals surface area contributed by atoms with Gasteiger partial charge in [0.2, 0.25) is 5.91 Å². The lowest BCUT2D eigenvalue weighted by atomic mass is 9.97. The van der Waals surface area contributed by atoms with Crippen molar-refractivity contribution in [2.45, 2.75) is 27.3 Å². The van der Waals surface area contributed by atoms with Crippen molar-refractivity contribution >= 4 is 5.91 Å². The predicted molar refractivity (Wildman–Crippen MR) is 66.0 cm³/mol. The number of amides is 1. The summed E-state index contributed by atoms with van der Waals surface area (Å²) in [7, 11) is 0. The van der Waals surface area contributed by atoms with Crippen LogP contribution in [0, 0.1) is 20.8 Å². The molecule has 0 aliphatic rings. The first-order chi connectivity index (χ1) is 7.90. The fraction of sp³-hybridized carbons (Fsp3) is 0.308. The van der Waals surface area contributed by atoms with Gasteiger partial charge in [-0.25, -0.2) is 0 Å². The van der Waals surface area contributed by atoms with Gasteiger partial charge in [-0.3, -0.25) is 4.79 Å². The van der Waals surface area contributed by atoms with Gasteiger partial charge in [0.05, 0.1) is 0 Å². The van der Waals surface area contributed by atoms with E-state index in [0.717, 1.165) is 6.08 Å². The van der Waals surface area contributed by atoms with Crippen LogP contribution in [0.1, 0.15) is 22.3 Å². The summed E-state index contributed by atoms with van der Waals surface area (Å²) in [5.74, 6) is -0.0492. The summed E-state index contributed by atoms with van der Waals surface area (Å²) >= 11 is 0. The van der Waals surface area contributed by atoms with Gasteiger partial charge in [0.15, 0.2) is 0 Å². The standard InChI is InChI=1S/C13H17NO3/c1-5-11(15)14-6-10-9(4)12(16)7(2)8(3)13(10)17/h5,16-17H,1,6H2,2-4H3,(H,14,15). The minimum atomic E-state index is -0.318. The molecule has 0 saturated carbocycles. The lowest BCUT2D eigenvalue weighted by Gasteiger charge is -2.15. The highest BCUT2D eigenvalue weighted by atomic mass is 16.3. The number of nitrogens with one attached hydrogen (secondary N) is 1. The molecule has 4 heteroatoms. The van der Waals surface area contributed by atoms with Crippen LogP contribution < -0.4 is 5.32 Å². The molecule has 1 aromatic carbocycles. The monoisotopic (exact) mass is 235 g/mol. The third kappa shape index (κ3) is 2.41. The van der Waals surface area contributed by atoms with Crippen LogP contribution in [0.5, 0.6) is 11.5 Å². The maximum atomic E-state index is 11.1. The molecule has 0 fully saturated rings. The molecule has 1 aromatic rings. The number of rotatable bonds is 3. The van der Waals surface area contributed by atoms with Gasteiger partial charge < -0.3 is 15.5 Å². The maximum absolute atomic E-state index is 11.1. The van der Waals surface area contributed by atoms with Crippen molar-refractivity contribution in [2.24, 2.45) is 0 Å². The summed E-state index contributed by atoms with van der Waals surface area (Å²) < 4.78 is 0. The van der Waals surface area contributed by atoms with E-state index >= 15 is 0 Å². The molecule has 1 rings (SSSR count). The molecule has 0 saturated heterocycles. The largest absolute Gasteiger partial charge is 0.507 e. The summed E-state index contributed by atoms with van der Waals surface area (Å²) in [6, 6.07) is 0. The Morgan fingerprint density at radius 3 is 2.24 bits per heavy atom. The molecule has 0 aliphatic carbocycles. The zero-order valence-electron chi connectivity index (χ0n) is 10.3. The number of carbonyl (C=O) groups excluding carboxylic acids is 1. The third-order valence-electron chi connectivity index (χ3n) is 2.99. The summed E-state index contributed by atoms with van der Waals surface area (Å²) in [5, 5.41) is 22.4. The molecule has 0 heterocycles. The van der Waals surface area contributed by atoms with Crippen LogP contribution in [-0.4, -0.2) is 16.1 Å². The minimum absolute atomic E-state index is 0.113. The number of hydrogen-bond acceptors (Lipinski definition) is 3. The van der Waals surface area contributed by atoms with Crippen LogP contribution in [-0.2, 0) is 11.3 Å². The Bertz CT molecular complexity index is 449. The van der Waals surface area contributed by atoms with Crippen LogP contribution >= 0.6 is 0 Å². The topological polar surface area (TPSA) is 69.6 Å². The number of aromatic hydroxyl groups is 2. The maximum Gasteiger partial charge on any atom is 0.243 e. The summed E-state index contributed by atoms with van der Waals surface area (Å²) in [6.45, 7) is 8.68. The first-order valence-electron chi connectivity index (χ1n) is 5.31. The van der Waals surface area contributed by atoms with Crippen molar-refractivity contribution in [1.82, 2.24) is 5.32 Å². The molecule has 0 bridgehead atoms. The van der Waals surface area contributed by atoms with Gasteiger partial charge in [-0.1, -0.05) is 6.58 Å². The van der Waals surface area contributed by atoms with E-state index in [-0.39, 0.29) is 24.0 Å². The van der Waals surface area contributed by atoms with E-state index in [1.165, 1.54) is 0 Å². The van der Waals surface area contributed by atoms with Crippen LogP contribution in [0.4, 0.5) is 0 Å². The summed E-state index contributed by atoms with van der Waals surface area (Å²) in [6.07, 6.45) is 1.16. The number of carbonyl (C=O) groups is 1. The fourth-order valence-corrected chi connectivity index (χ4v) is 1.65. The van der Waals surface area contributed by atoms with Crippen LogP contribution in [0.15, 0.2) is 12.7 Å². The fourth-order valence-electron chi connectivity index (χ4n) is 1.65. The van der Waals surface area contributed by atoms with E-state index < -0.39 is 0 Å². The van der Waals surface area contributed by atoms with Crippen molar-refractivity contribution in [3.8, 4) is 11.5 Å². The molecule has 92 valence electrons. The van der Waals surface area contributed by atoms with Gasteiger partial charge in [-0.05, 0) is 43.5 Å². The molecule has 0 radical (unpaired) electrons. The number of hydrogen-bond donors (Lipinski definition) is 3. The van der Waals surface area contributed by atoms with E-state index in [4.69, 9.17) is 0 Å². The van der Waals surface area contributed by atoms with E-state index in [1.54, 1.807) is 20.8 Å². The minimum Gasteiger partial charge on any atom is -0.507 e. The Balaban J connectivity index is 3.16. The Hall–Kier alpha value is -1.97. The van der Waals surface area contributed by atoms with Gasteiger partial charge in [0.25, 0.3) is 0 Å². The SMILES string of the molecule is C=CC(=O)NCc1c(C)c(O)c(C)c(C)c1O. The molecular weight excluding hydrogens is 218 g/mol. The summed E-state index contributed by atoms with van der Waals surface area (Å²) in [4.78, 5) is 11.1. The van der Waals surface area contributed by atoms with Crippen molar-refractivity contribution < 1.29 is 15.0 Å². The Morgan fingerprint density at radius 1 is 1.18 bits per heavy atom. The zero-order valence-corrected chi connectivity index (χ0v) is 10.3. The van der Waals surface area contributed by atoms with Crippen molar-refractivity contribution in [3.05, 3.63) is 34.9 Å².